The number of nitrogens with two attached hydrogens (primary N) is 1. The normalized spacial score (nSPS) is 23.2. The highest BCUT2D eigenvalue weighted by Crippen LogP contribution is 2.40. The van der Waals surface area contributed by atoms with E-state index in [1.807, 2.05) is 0 Å². The second-order valence-corrected chi connectivity index (χ2v) is 8.54. The van der Waals surface area contributed by atoms with Gasteiger partial charge >= 0.3 is 12.1 Å². The van der Waals surface area contributed by atoms with E-state index < -0.39 is 47.7 Å². The van der Waals surface area contributed by atoms with Crippen LogP contribution in [0.25, 0.3) is 0 Å². The molecule has 1 saturated heterocycles. The Balaban J connectivity index is 0.00000341. The maximum Gasteiger partial charge on any atom is 0.425 e. The zero-order valence-electron chi connectivity index (χ0n) is 15.5. The molecule has 3 rings (SSSR count). The minimum Gasteiger partial charge on any atom is -0.477 e. The van der Waals surface area contributed by atoms with Crippen molar-refractivity contribution < 1.29 is 37.5 Å². The number of carboxylic acid groups (broad SMARTS) is 1. The average Bonchev–Trinajstić information content (AvgIpc) is 3.07. The van der Waals surface area contributed by atoms with Crippen molar-refractivity contribution in [2.45, 2.75) is 29.8 Å². The van der Waals surface area contributed by atoms with Crippen LogP contribution in [0.1, 0.15) is 12.6 Å². The molecule has 0 aromatic carbocycles. The summed E-state index contributed by atoms with van der Waals surface area (Å²) in [5.74, 6) is -2.97. The van der Waals surface area contributed by atoms with Crippen LogP contribution in [0, 0.1) is 0 Å². The highest BCUT2D eigenvalue weighted by atomic mass is 35.5. The Morgan fingerprint density at radius 2 is 2.13 bits per heavy atom. The average molecular weight is 502 g/mol. The van der Waals surface area contributed by atoms with Gasteiger partial charge in [0.05, 0.1) is 0 Å². The number of nitrogens with zero attached hydrogens (tertiary/aromatic N) is 3. The number of thiazole rings is 1. The minimum absolute atomic E-state index is 0. The number of aromatic nitrogens is 1. The van der Waals surface area contributed by atoms with Gasteiger partial charge in [-0.25, -0.2) is 9.78 Å². The third-order valence-electron chi connectivity index (χ3n) is 3.92. The molecule has 1 fully saturated rings. The van der Waals surface area contributed by atoms with E-state index >= 15 is 0 Å². The fourth-order valence-electron chi connectivity index (χ4n) is 2.71. The van der Waals surface area contributed by atoms with Gasteiger partial charge in [0.25, 0.3) is 11.8 Å². The number of oxime groups is 1. The third kappa shape index (κ3) is 5.40. The number of fused-ring (bicyclic) bond motifs is 1. The molecule has 0 saturated carbocycles. The number of nitrogens with one attached hydrogen (secondary N) is 1. The lowest BCUT2D eigenvalue weighted by molar-refractivity contribution is -0.174. The Bertz CT molecular complexity index is 954. The number of halogens is 4. The number of anilines is 1. The van der Waals surface area contributed by atoms with Gasteiger partial charge in [0, 0.05) is 10.6 Å². The molecule has 170 valence electrons. The summed E-state index contributed by atoms with van der Waals surface area (Å²) in [7, 11) is 0. The molecule has 0 spiro atoms. The quantitative estimate of drug-likeness (QED) is 0.299. The summed E-state index contributed by atoms with van der Waals surface area (Å²) in [5.41, 5.74) is 4.57. The number of thioether (sulfide) groups is 1. The Kier molecular flexibility index (Phi) is 7.44. The van der Waals surface area contributed by atoms with Gasteiger partial charge in [-0.2, -0.15) is 13.2 Å². The monoisotopic (exact) mass is 501 g/mol. The van der Waals surface area contributed by atoms with E-state index in [4.69, 9.17) is 5.73 Å². The first-order chi connectivity index (χ1) is 14.0. The maximum atomic E-state index is 12.6. The van der Waals surface area contributed by atoms with E-state index in [1.54, 1.807) is 6.92 Å². The first-order valence-corrected chi connectivity index (χ1v) is 10.0. The molecule has 1 aromatic rings. The summed E-state index contributed by atoms with van der Waals surface area (Å²) in [6.07, 6.45) is -3.26. The van der Waals surface area contributed by atoms with Crippen LogP contribution < -0.4 is 11.1 Å². The van der Waals surface area contributed by atoms with Gasteiger partial charge in [-0.1, -0.05) is 5.16 Å². The predicted molar refractivity (Wildman–Crippen MR) is 108 cm³/mol. The molecule has 2 aliphatic rings. The molecule has 3 heterocycles. The van der Waals surface area contributed by atoms with Crippen molar-refractivity contribution in [3.8, 4) is 0 Å². The zero-order chi connectivity index (χ0) is 22.2. The van der Waals surface area contributed by atoms with E-state index in [-0.39, 0.29) is 34.2 Å². The fourth-order valence-corrected chi connectivity index (χ4v) is 4.58. The first kappa shape index (κ1) is 24.7. The summed E-state index contributed by atoms with van der Waals surface area (Å²) in [5, 5.41) is 15.3. The highest BCUT2D eigenvalue weighted by molar-refractivity contribution is 8.00. The van der Waals surface area contributed by atoms with Crippen LogP contribution >= 0.6 is 35.5 Å². The van der Waals surface area contributed by atoms with Crippen molar-refractivity contribution in [2.24, 2.45) is 5.16 Å². The molecule has 2 aliphatic heterocycles. The summed E-state index contributed by atoms with van der Waals surface area (Å²) in [4.78, 5) is 45.4. The van der Waals surface area contributed by atoms with E-state index in [2.05, 4.69) is 20.3 Å². The number of carbonyl (C=O) groups is 3. The molecule has 0 radical (unpaired) electrons. The topological polar surface area (TPSA) is 147 Å². The summed E-state index contributed by atoms with van der Waals surface area (Å²) >= 11 is 2.17. The van der Waals surface area contributed by atoms with Crippen LogP contribution in [0.3, 0.4) is 0 Å². The van der Waals surface area contributed by atoms with Crippen LogP contribution in [0.5, 0.6) is 0 Å². The van der Waals surface area contributed by atoms with Crippen LogP contribution in [0.4, 0.5) is 18.3 Å². The number of aliphatic carboxylic acids is 1. The molecule has 2 unspecified atom stereocenters. The fraction of sp³-hybridized carbons (Fsp3) is 0.400. The molecular formula is C15H15ClF3N5O5S2. The van der Waals surface area contributed by atoms with Crippen LogP contribution in [0.2, 0.25) is 0 Å². The minimum atomic E-state index is -4.68. The van der Waals surface area contributed by atoms with Crippen molar-refractivity contribution in [3.63, 3.8) is 0 Å². The third-order valence-corrected chi connectivity index (χ3v) is 5.92. The molecule has 4 N–H and O–H groups in total. The molecular weight excluding hydrogens is 487 g/mol. The van der Waals surface area contributed by atoms with Crippen molar-refractivity contribution >= 4 is 64.1 Å². The lowest BCUT2D eigenvalue weighted by Gasteiger charge is -2.49. The van der Waals surface area contributed by atoms with Gasteiger partial charge in [-0.15, -0.1) is 35.5 Å². The number of hydrogen-bond donors (Lipinski definition) is 3. The molecule has 0 bridgehead atoms. The number of hydrogen-bond acceptors (Lipinski definition) is 9. The molecule has 2 amide bonds. The van der Waals surface area contributed by atoms with Gasteiger partial charge in [0.1, 0.15) is 22.8 Å². The van der Waals surface area contributed by atoms with Crippen LogP contribution in [0.15, 0.2) is 22.3 Å². The summed E-state index contributed by atoms with van der Waals surface area (Å²) < 4.78 is 37.0. The molecule has 31 heavy (non-hydrogen) atoms. The number of rotatable bonds is 6. The van der Waals surface area contributed by atoms with Crippen molar-refractivity contribution in [3.05, 3.63) is 22.8 Å². The molecule has 1 aromatic heterocycles. The highest BCUT2D eigenvalue weighted by Gasteiger charge is 2.54. The van der Waals surface area contributed by atoms with Gasteiger partial charge in [0.2, 0.25) is 6.61 Å². The summed E-state index contributed by atoms with van der Waals surface area (Å²) in [6.45, 7) is -0.00909. The SMILES string of the molecule is CC1C=C(C(=O)O)N2C(=O)C(NC(=O)C(=NOCC(F)(F)F)c3csc(N)n3)[C@@H]2S1.Cl. The molecule has 10 nitrogen and oxygen atoms in total. The van der Waals surface area contributed by atoms with Crippen molar-refractivity contribution in [1.82, 2.24) is 15.2 Å². The van der Waals surface area contributed by atoms with E-state index in [0.717, 1.165) is 16.2 Å². The number of nitrogen functional groups attached to an aromatic ring is 1. The van der Waals surface area contributed by atoms with Crippen LogP contribution in [-0.4, -0.2) is 67.9 Å². The largest absolute Gasteiger partial charge is 0.477 e. The smallest absolute Gasteiger partial charge is 0.425 e. The Morgan fingerprint density at radius 1 is 1.45 bits per heavy atom. The number of alkyl halides is 3. The number of carbonyl (C=O) groups excluding carboxylic acids is 2. The van der Waals surface area contributed by atoms with Crippen LogP contribution in [-0.2, 0) is 19.2 Å². The Hall–Kier alpha value is -2.52. The van der Waals surface area contributed by atoms with Gasteiger partial charge in [-0.3, -0.25) is 14.5 Å². The Morgan fingerprint density at radius 3 is 2.68 bits per heavy atom. The van der Waals surface area contributed by atoms with E-state index in [1.165, 1.54) is 23.2 Å². The first-order valence-electron chi connectivity index (χ1n) is 8.20. The molecule has 0 aliphatic carbocycles. The van der Waals surface area contributed by atoms with E-state index in [0.29, 0.717) is 0 Å². The predicted octanol–water partition coefficient (Wildman–Crippen LogP) is 1.19. The second-order valence-electron chi connectivity index (χ2n) is 6.15. The number of β-lactam (4-membered cyclic amide) rings is 1. The summed E-state index contributed by atoms with van der Waals surface area (Å²) in [6, 6.07) is -1.10. The van der Waals surface area contributed by atoms with E-state index in [9.17, 15) is 32.7 Å². The molecule has 16 heteroatoms. The number of carboxylic acids is 1. The van der Waals surface area contributed by atoms with Gasteiger partial charge in [-0.05, 0) is 13.0 Å². The Labute approximate surface area is 187 Å². The zero-order valence-corrected chi connectivity index (χ0v) is 17.9. The maximum absolute atomic E-state index is 12.6. The van der Waals surface area contributed by atoms with Gasteiger partial charge < -0.3 is 21.0 Å². The lowest BCUT2D eigenvalue weighted by atomic mass is 10.0. The van der Waals surface area contributed by atoms with Crippen molar-refractivity contribution in [2.75, 3.05) is 12.3 Å². The molecule has 3 atom stereocenters. The van der Waals surface area contributed by atoms with Gasteiger partial charge in [0.15, 0.2) is 10.8 Å². The second kappa shape index (κ2) is 9.32. The lowest BCUT2D eigenvalue weighted by Crippen LogP contribution is -2.71. The number of amides is 2. The van der Waals surface area contributed by atoms with Crippen molar-refractivity contribution in [1.29, 1.82) is 0 Å². The standard InChI is InChI=1S/C15H14F3N5O5S2.ClH/c1-5-2-7(13(26)27)23-11(25)9(12(23)30-5)21-10(24)8(6-3-29-14(19)20-6)22-28-4-15(16,17)18;/h2-3,5,9,12H,4H2,1H3,(H2,19,20)(H,21,24)(H,26,27);1H/t5?,9?,12-;/m0./s1.